The van der Waals surface area contributed by atoms with Gasteiger partial charge in [0.25, 0.3) is 0 Å². The minimum Gasteiger partial charge on any atom is -0.458 e. The summed E-state index contributed by atoms with van der Waals surface area (Å²) in [5.41, 5.74) is -0.874. The molecule has 15 heteroatoms. The number of Topliss-reactive ketones (excluding diaryl/α,β-unsaturated/α-hetero) is 1. The average molecular weight is 844 g/mol. The molecule has 0 unspecified atom stereocenters. The molecule has 1 aromatic carbocycles. The fourth-order valence-electron chi connectivity index (χ4n) is 9.68. The third-order valence-electron chi connectivity index (χ3n) is 12.9. The zero-order valence-corrected chi connectivity index (χ0v) is 37.5. The van der Waals surface area contributed by atoms with E-state index in [-0.39, 0.29) is 37.6 Å². The Balaban J connectivity index is 1.55. The lowest BCUT2D eigenvalue weighted by molar-refractivity contribution is -0.304. The summed E-state index contributed by atoms with van der Waals surface area (Å²) < 4.78 is 45.2. The first kappa shape index (κ1) is 47.4. The molecule has 1 N–H and O–H groups in total. The number of aryl methyl sites for hydroxylation is 1. The predicted octanol–water partition coefficient (Wildman–Crippen LogP) is 5.64. The highest BCUT2D eigenvalue weighted by molar-refractivity contribution is 5.87. The van der Waals surface area contributed by atoms with E-state index in [1.165, 1.54) is 12.5 Å². The van der Waals surface area contributed by atoms with Crippen LogP contribution in [0, 0.1) is 23.7 Å². The van der Waals surface area contributed by atoms with Crippen LogP contribution in [0.1, 0.15) is 100.0 Å². The fraction of sp³-hybridized carbons (Fsp3) is 0.756. The second-order valence-corrected chi connectivity index (χ2v) is 18.0. The van der Waals surface area contributed by atoms with Crippen LogP contribution >= 0.6 is 0 Å². The standard InChI is InChI=1S/C45H69N3O12/c1-12-35-45(9)39(46-43(52)60-45)28(4)36(50)26(2)23-44(8)40(59-42-38(57-31(7)49)34(48(10)11)22-27(3)56-42)29(5)37(30(6)41(51)58-35)53-24-33(25-54-44)47-55-21-17-16-20-32-18-14-13-15-19-32/h13-15,18-19,26-30,34-35,37-40,42H,12,16-17,20-25H2,1-11H3,(H,46,52)/b47-33-/t26-,27-,28+,29+,30-,34+,35-,37+,38-,39-,40-,42+,44-,45-/m1/s1. The van der Waals surface area contributed by atoms with Crippen molar-refractivity contribution in [2.45, 2.75) is 161 Å². The molecule has 0 spiro atoms. The minimum atomic E-state index is -1.33. The molecule has 0 aromatic heterocycles. The van der Waals surface area contributed by atoms with Crippen molar-refractivity contribution in [1.29, 1.82) is 0 Å². The third-order valence-corrected chi connectivity index (χ3v) is 12.9. The molecule has 0 saturated carbocycles. The Hall–Kier alpha value is -3.63. The van der Waals surface area contributed by atoms with Crippen LogP contribution in [0.25, 0.3) is 0 Å². The lowest BCUT2D eigenvalue weighted by Gasteiger charge is -2.49. The molecule has 2 bridgehead atoms. The van der Waals surface area contributed by atoms with Gasteiger partial charge in [-0.3, -0.25) is 14.4 Å². The van der Waals surface area contributed by atoms with Crippen molar-refractivity contribution in [3.05, 3.63) is 35.9 Å². The number of ketones is 1. The van der Waals surface area contributed by atoms with Crippen LogP contribution in [0.15, 0.2) is 35.5 Å². The Bertz CT molecular complexity index is 1660. The van der Waals surface area contributed by atoms with Crippen molar-refractivity contribution < 1.29 is 57.2 Å². The van der Waals surface area contributed by atoms with Gasteiger partial charge < -0.3 is 48.2 Å². The first-order chi connectivity index (χ1) is 28.4. The maximum absolute atomic E-state index is 14.6. The largest absolute Gasteiger partial charge is 0.458 e. The predicted molar refractivity (Wildman–Crippen MR) is 222 cm³/mol. The number of benzene rings is 1. The number of rotatable bonds is 11. The van der Waals surface area contributed by atoms with Gasteiger partial charge in [0.2, 0.25) is 0 Å². The molecule has 0 aliphatic carbocycles. The number of amides is 1. The van der Waals surface area contributed by atoms with Crippen molar-refractivity contribution in [3.63, 3.8) is 0 Å². The number of cyclic esters (lactones) is 1. The highest BCUT2D eigenvalue weighted by atomic mass is 16.7. The average Bonchev–Trinajstić information content (AvgIpc) is 3.53. The number of alkyl carbamates (subject to hydrolysis) is 1. The molecular formula is C45H69N3O12. The monoisotopic (exact) mass is 843 g/mol. The van der Waals surface area contributed by atoms with Crippen molar-refractivity contribution in [2.24, 2.45) is 28.8 Å². The molecule has 15 nitrogen and oxygen atoms in total. The number of ether oxygens (including phenoxy) is 7. The number of esters is 2. The third kappa shape index (κ3) is 11.1. The highest BCUT2D eigenvalue weighted by Gasteiger charge is 2.58. The second kappa shape index (κ2) is 20.5. The maximum atomic E-state index is 14.6. The summed E-state index contributed by atoms with van der Waals surface area (Å²) in [6, 6.07) is 9.24. The summed E-state index contributed by atoms with van der Waals surface area (Å²) in [5, 5.41) is 7.34. The number of carbonyl (C=O) groups is 4. The Morgan fingerprint density at radius 3 is 2.38 bits per heavy atom. The maximum Gasteiger partial charge on any atom is 0.408 e. The number of unbranched alkanes of at least 4 members (excludes halogenated alkanes) is 1. The smallest absolute Gasteiger partial charge is 0.408 e. The molecule has 4 heterocycles. The van der Waals surface area contributed by atoms with E-state index in [2.05, 4.69) is 22.6 Å². The van der Waals surface area contributed by atoms with Gasteiger partial charge in [-0.15, -0.1) is 0 Å². The van der Waals surface area contributed by atoms with Crippen molar-refractivity contribution >= 4 is 29.5 Å². The SMILES string of the molecule is CC[C@H]1OC(=O)[C@H](C)[C@H]2OC/C(=N/OCCCCc3ccccc3)CO[C@](C)(C[C@@H](C)C(=O)[C@H](C)[C@H]3NC(=O)O[C@@]31C)[C@H](O[C@@H]1O[C@H](C)C[C@H](N(C)C)[C@H]1OC(C)=O)[C@H]2C. The van der Waals surface area contributed by atoms with E-state index in [9.17, 15) is 19.2 Å². The van der Waals surface area contributed by atoms with Gasteiger partial charge in [0.05, 0.1) is 55.1 Å². The van der Waals surface area contributed by atoms with E-state index in [1.54, 1.807) is 20.8 Å². The quantitative estimate of drug-likeness (QED) is 0.126. The summed E-state index contributed by atoms with van der Waals surface area (Å²) >= 11 is 0. The van der Waals surface area contributed by atoms with Crippen LogP contribution in [0.3, 0.4) is 0 Å². The summed E-state index contributed by atoms with van der Waals surface area (Å²) in [4.78, 5) is 62.3. The second-order valence-electron chi connectivity index (χ2n) is 18.0. The number of likely N-dealkylation sites (N-methyl/N-ethyl adjacent to an activating group) is 1. The van der Waals surface area contributed by atoms with E-state index in [4.69, 9.17) is 38.0 Å². The van der Waals surface area contributed by atoms with E-state index in [0.717, 1.165) is 19.3 Å². The van der Waals surface area contributed by atoms with Gasteiger partial charge in [0.15, 0.2) is 18.0 Å². The lowest BCUT2D eigenvalue weighted by atomic mass is 9.73. The summed E-state index contributed by atoms with van der Waals surface area (Å²) in [5.74, 6) is -4.05. The number of nitrogens with zero attached hydrogens (tertiary/aromatic N) is 2. The minimum absolute atomic E-state index is 0.0285. The van der Waals surface area contributed by atoms with Crippen LogP contribution in [0.4, 0.5) is 4.79 Å². The molecule has 4 fully saturated rings. The van der Waals surface area contributed by atoms with Gasteiger partial charge in [-0.2, -0.15) is 0 Å². The zero-order chi connectivity index (χ0) is 43.9. The Kier molecular flexibility index (Phi) is 16.2. The van der Waals surface area contributed by atoms with Gasteiger partial charge in [0.1, 0.15) is 24.2 Å². The molecule has 336 valence electrons. The molecule has 4 saturated heterocycles. The van der Waals surface area contributed by atoms with E-state index in [0.29, 0.717) is 25.2 Å². The van der Waals surface area contributed by atoms with Gasteiger partial charge in [-0.25, -0.2) is 4.79 Å². The molecule has 1 amide bonds. The van der Waals surface area contributed by atoms with Crippen molar-refractivity contribution in [1.82, 2.24) is 10.2 Å². The molecule has 4 aliphatic heterocycles. The number of nitrogens with one attached hydrogen (secondary N) is 1. The van der Waals surface area contributed by atoms with Crippen LogP contribution in [0.5, 0.6) is 0 Å². The number of hydrogen-bond donors (Lipinski definition) is 1. The number of hydrogen-bond acceptors (Lipinski definition) is 14. The fourth-order valence-corrected chi connectivity index (χ4v) is 9.68. The Morgan fingerprint density at radius 2 is 1.72 bits per heavy atom. The van der Waals surface area contributed by atoms with Crippen molar-refractivity contribution in [3.8, 4) is 0 Å². The van der Waals surface area contributed by atoms with E-state index < -0.39 is 89.7 Å². The number of fused-ring (bicyclic) bond motifs is 4. The van der Waals surface area contributed by atoms with E-state index in [1.807, 2.05) is 71.8 Å². The van der Waals surface area contributed by atoms with Crippen LogP contribution in [-0.2, 0) is 58.8 Å². The Labute approximate surface area is 355 Å². The number of oxime groups is 1. The molecule has 1 aromatic rings. The Morgan fingerprint density at radius 1 is 1.00 bits per heavy atom. The van der Waals surface area contributed by atoms with Crippen LogP contribution in [-0.4, -0.2) is 128 Å². The molecule has 4 aliphatic rings. The molecule has 14 atom stereocenters. The van der Waals surface area contributed by atoms with Gasteiger partial charge in [0, 0.05) is 24.7 Å². The molecular weight excluding hydrogens is 775 g/mol. The molecule has 60 heavy (non-hydrogen) atoms. The van der Waals surface area contributed by atoms with Crippen LogP contribution < -0.4 is 5.32 Å². The topological polar surface area (TPSA) is 170 Å². The van der Waals surface area contributed by atoms with Crippen molar-refractivity contribution in [2.75, 3.05) is 33.9 Å². The zero-order valence-electron chi connectivity index (χ0n) is 37.5. The van der Waals surface area contributed by atoms with Gasteiger partial charge in [-0.05, 0) is 85.9 Å². The lowest BCUT2D eigenvalue weighted by Crippen LogP contribution is -2.61. The van der Waals surface area contributed by atoms with Gasteiger partial charge >= 0.3 is 18.0 Å². The number of carbonyl (C=O) groups excluding carboxylic acids is 4. The molecule has 5 rings (SSSR count). The van der Waals surface area contributed by atoms with Gasteiger partial charge in [-0.1, -0.05) is 63.2 Å². The van der Waals surface area contributed by atoms with Crippen LogP contribution in [0.2, 0.25) is 0 Å². The first-order valence-electron chi connectivity index (χ1n) is 21.7. The summed E-state index contributed by atoms with van der Waals surface area (Å²) in [7, 11) is 3.83. The summed E-state index contributed by atoms with van der Waals surface area (Å²) in [6.45, 7) is 16.3. The van der Waals surface area contributed by atoms with E-state index >= 15 is 0 Å². The highest BCUT2D eigenvalue weighted by Crippen LogP contribution is 2.42. The molecule has 0 radical (unpaired) electrons. The normalized spacial score (nSPS) is 38.7. The summed E-state index contributed by atoms with van der Waals surface area (Å²) in [6.07, 6.45) is -1.75. The first-order valence-corrected chi connectivity index (χ1v) is 21.7.